The smallest absolute Gasteiger partial charge is 0.308 e. The molecule has 0 radical (unpaired) electrons. The number of benzene rings is 1. The fourth-order valence-corrected chi connectivity index (χ4v) is 2.94. The lowest BCUT2D eigenvalue weighted by Crippen LogP contribution is -2.58. The molecule has 1 aromatic rings. The molecular formula is C15H16Cl2N2O4. The second-order valence-corrected chi connectivity index (χ2v) is 5.87. The number of carbonyl (C=O) groups excluding carboxylic acids is 3. The maximum Gasteiger partial charge on any atom is 0.308 e. The molecule has 1 aliphatic heterocycles. The number of halogens is 2. The minimum Gasteiger partial charge on any atom is -0.469 e. The van der Waals surface area contributed by atoms with Gasteiger partial charge in [-0.05, 0) is 17.7 Å². The maximum absolute atomic E-state index is 12.6. The molecule has 1 saturated heterocycles. The van der Waals surface area contributed by atoms with E-state index < -0.39 is 12.0 Å². The van der Waals surface area contributed by atoms with Crippen LogP contribution in [0, 0.1) is 0 Å². The van der Waals surface area contributed by atoms with Gasteiger partial charge >= 0.3 is 5.97 Å². The molecule has 124 valence electrons. The summed E-state index contributed by atoms with van der Waals surface area (Å²) in [7, 11) is 1.23. The molecule has 6 nitrogen and oxygen atoms in total. The Hall–Kier alpha value is -1.79. The Morgan fingerprint density at radius 3 is 2.61 bits per heavy atom. The zero-order valence-electron chi connectivity index (χ0n) is 12.5. The Kier molecular flexibility index (Phi) is 5.85. The Morgan fingerprint density at radius 2 is 2.00 bits per heavy atom. The number of piperazine rings is 1. The highest BCUT2D eigenvalue weighted by Gasteiger charge is 2.35. The first-order valence-electron chi connectivity index (χ1n) is 7.01. The first kappa shape index (κ1) is 17.6. The first-order valence-corrected chi connectivity index (χ1v) is 7.76. The van der Waals surface area contributed by atoms with Crippen LogP contribution in [0.1, 0.15) is 12.0 Å². The summed E-state index contributed by atoms with van der Waals surface area (Å²) in [6, 6.07) is 4.09. The first-order chi connectivity index (χ1) is 10.9. The van der Waals surface area contributed by atoms with E-state index >= 15 is 0 Å². The highest BCUT2D eigenvalue weighted by molar-refractivity contribution is 6.36. The maximum atomic E-state index is 12.6. The van der Waals surface area contributed by atoms with E-state index in [4.69, 9.17) is 23.2 Å². The van der Waals surface area contributed by atoms with E-state index in [0.717, 1.165) is 0 Å². The molecule has 1 N–H and O–H groups in total. The third-order valence-corrected chi connectivity index (χ3v) is 4.34. The molecule has 0 bridgehead atoms. The molecule has 0 saturated carbocycles. The van der Waals surface area contributed by atoms with Crippen LogP contribution in [0.2, 0.25) is 10.0 Å². The Labute approximate surface area is 143 Å². The van der Waals surface area contributed by atoms with Crippen molar-refractivity contribution in [1.29, 1.82) is 0 Å². The van der Waals surface area contributed by atoms with Crippen molar-refractivity contribution in [3.8, 4) is 0 Å². The molecule has 0 aromatic heterocycles. The molecule has 2 rings (SSSR count). The van der Waals surface area contributed by atoms with Gasteiger partial charge in [-0.15, -0.1) is 0 Å². The number of nitrogens with zero attached hydrogens (tertiary/aromatic N) is 1. The predicted octanol–water partition coefficient (Wildman–Crippen LogP) is 1.43. The number of methoxy groups -OCH3 is 1. The van der Waals surface area contributed by atoms with Crippen molar-refractivity contribution >= 4 is 41.0 Å². The second kappa shape index (κ2) is 7.66. The number of ether oxygens (including phenoxy) is 1. The van der Waals surface area contributed by atoms with E-state index in [1.807, 2.05) is 0 Å². The number of rotatable bonds is 4. The molecule has 1 aromatic carbocycles. The van der Waals surface area contributed by atoms with Crippen LogP contribution in [0.3, 0.4) is 0 Å². The Balaban J connectivity index is 2.18. The van der Waals surface area contributed by atoms with Gasteiger partial charge in [-0.1, -0.05) is 29.3 Å². The molecule has 1 fully saturated rings. The van der Waals surface area contributed by atoms with Crippen molar-refractivity contribution in [3.05, 3.63) is 33.8 Å². The number of carbonyl (C=O) groups is 3. The molecule has 23 heavy (non-hydrogen) atoms. The van der Waals surface area contributed by atoms with Crippen molar-refractivity contribution in [3.63, 3.8) is 0 Å². The highest BCUT2D eigenvalue weighted by atomic mass is 35.5. The summed E-state index contributed by atoms with van der Waals surface area (Å²) < 4.78 is 4.59. The van der Waals surface area contributed by atoms with Crippen molar-refractivity contribution < 1.29 is 19.1 Å². The fraction of sp³-hybridized carbons (Fsp3) is 0.400. The molecule has 0 unspecified atom stereocenters. The summed E-state index contributed by atoms with van der Waals surface area (Å²) in [6.07, 6.45) is -0.228. The van der Waals surface area contributed by atoms with Gasteiger partial charge in [-0.2, -0.15) is 0 Å². The quantitative estimate of drug-likeness (QED) is 0.826. The second-order valence-electron chi connectivity index (χ2n) is 5.05. The zero-order valence-corrected chi connectivity index (χ0v) is 14.0. The van der Waals surface area contributed by atoms with E-state index in [0.29, 0.717) is 28.7 Å². The van der Waals surface area contributed by atoms with Gasteiger partial charge in [0, 0.05) is 23.1 Å². The van der Waals surface area contributed by atoms with E-state index in [1.54, 1.807) is 18.2 Å². The van der Waals surface area contributed by atoms with Gasteiger partial charge in [-0.25, -0.2) is 0 Å². The molecule has 1 aliphatic rings. The minimum absolute atomic E-state index is 0.0382. The molecule has 0 spiro atoms. The third kappa shape index (κ3) is 4.14. The van der Waals surface area contributed by atoms with E-state index in [2.05, 4.69) is 10.1 Å². The molecule has 1 atom stereocenters. The minimum atomic E-state index is -0.884. The van der Waals surface area contributed by atoms with Gasteiger partial charge in [0.2, 0.25) is 11.8 Å². The topological polar surface area (TPSA) is 75.7 Å². The van der Waals surface area contributed by atoms with Crippen LogP contribution in [0.25, 0.3) is 0 Å². The van der Waals surface area contributed by atoms with Crippen molar-refractivity contribution in [2.24, 2.45) is 0 Å². The lowest BCUT2D eigenvalue weighted by molar-refractivity contribution is -0.150. The average Bonchev–Trinajstić information content (AvgIpc) is 2.52. The van der Waals surface area contributed by atoms with Crippen molar-refractivity contribution in [2.75, 3.05) is 20.2 Å². The standard InChI is InChI=1S/C15H16Cl2N2O4/c1-23-14(21)8-12-15(22)18-5-6-19(12)13(20)7-9-10(16)3-2-4-11(9)17/h2-4,12H,5-8H2,1H3,(H,18,22)/t12-/m0/s1. The van der Waals surface area contributed by atoms with Crippen LogP contribution in [0.15, 0.2) is 18.2 Å². The van der Waals surface area contributed by atoms with Crippen LogP contribution < -0.4 is 5.32 Å². The van der Waals surface area contributed by atoms with Crippen LogP contribution in [-0.2, 0) is 25.5 Å². The van der Waals surface area contributed by atoms with Crippen molar-refractivity contribution in [2.45, 2.75) is 18.9 Å². The van der Waals surface area contributed by atoms with Gasteiger partial charge in [-0.3, -0.25) is 14.4 Å². The lowest BCUT2D eigenvalue weighted by Gasteiger charge is -2.34. The predicted molar refractivity (Wildman–Crippen MR) is 85.3 cm³/mol. The number of amides is 2. The fourth-order valence-electron chi connectivity index (χ4n) is 2.41. The Bertz CT molecular complexity index is 616. The van der Waals surface area contributed by atoms with Gasteiger partial charge in [0.15, 0.2) is 0 Å². The lowest BCUT2D eigenvalue weighted by atomic mass is 10.1. The molecular weight excluding hydrogens is 343 g/mol. The summed E-state index contributed by atoms with van der Waals surface area (Å²) in [5.41, 5.74) is 0.503. The molecule has 1 heterocycles. The molecule has 2 amide bonds. The zero-order chi connectivity index (χ0) is 17.0. The number of hydrogen-bond donors (Lipinski definition) is 1. The van der Waals surface area contributed by atoms with E-state index in [1.165, 1.54) is 12.0 Å². The molecule has 8 heteroatoms. The largest absolute Gasteiger partial charge is 0.469 e. The highest BCUT2D eigenvalue weighted by Crippen LogP contribution is 2.25. The average molecular weight is 359 g/mol. The van der Waals surface area contributed by atoms with Crippen LogP contribution >= 0.6 is 23.2 Å². The van der Waals surface area contributed by atoms with E-state index in [-0.39, 0.29) is 24.7 Å². The van der Waals surface area contributed by atoms with Gasteiger partial charge in [0.25, 0.3) is 0 Å². The molecule has 0 aliphatic carbocycles. The summed E-state index contributed by atoms with van der Waals surface area (Å²) in [5, 5.41) is 3.41. The van der Waals surface area contributed by atoms with Gasteiger partial charge in [0.05, 0.1) is 20.0 Å². The van der Waals surface area contributed by atoms with Crippen LogP contribution in [0.5, 0.6) is 0 Å². The number of nitrogens with one attached hydrogen (secondary N) is 1. The summed E-state index contributed by atoms with van der Waals surface area (Å²) in [6.45, 7) is 0.646. The SMILES string of the molecule is COC(=O)C[C@H]1C(=O)NCCN1C(=O)Cc1c(Cl)cccc1Cl. The third-order valence-electron chi connectivity index (χ3n) is 3.63. The normalized spacial score (nSPS) is 17.6. The summed E-state index contributed by atoms with van der Waals surface area (Å²) >= 11 is 12.2. The van der Waals surface area contributed by atoms with Crippen LogP contribution in [-0.4, -0.2) is 48.9 Å². The van der Waals surface area contributed by atoms with E-state index in [9.17, 15) is 14.4 Å². The summed E-state index contributed by atoms with van der Waals surface area (Å²) in [4.78, 5) is 37.4. The number of hydrogen-bond acceptors (Lipinski definition) is 4. The van der Waals surface area contributed by atoms with Crippen LogP contribution in [0.4, 0.5) is 0 Å². The number of esters is 1. The monoisotopic (exact) mass is 358 g/mol. The van der Waals surface area contributed by atoms with Crippen molar-refractivity contribution in [1.82, 2.24) is 10.2 Å². The van der Waals surface area contributed by atoms with Gasteiger partial charge < -0.3 is 15.0 Å². The van der Waals surface area contributed by atoms with Gasteiger partial charge in [0.1, 0.15) is 6.04 Å². The Morgan fingerprint density at radius 1 is 1.35 bits per heavy atom. The summed E-state index contributed by atoms with van der Waals surface area (Å²) in [5.74, 6) is -1.25.